The maximum atomic E-state index is 11.9. The van der Waals surface area contributed by atoms with Gasteiger partial charge in [-0.2, -0.15) is 11.3 Å². The molecule has 2 aromatic heterocycles. The van der Waals surface area contributed by atoms with Crippen molar-refractivity contribution in [1.82, 2.24) is 10.3 Å². The largest absolute Gasteiger partial charge is 0.508 e. The number of carbonyl (C=O) groups is 1. The van der Waals surface area contributed by atoms with Gasteiger partial charge in [0.2, 0.25) is 5.91 Å². The van der Waals surface area contributed by atoms with Gasteiger partial charge in [-0.3, -0.25) is 4.79 Å². The van der Waals surface area contributed by atoms with Crippen molar-refractivity contribution in [3.05, 3.63) is 53.2 Å². The number of nitrogens with one attached hydrogen (secondary N) is 2. The number of aromatic hydroxyl groups is 1. The summed E-state index contributed by atoms with van der Waals surface area (Å²) >= 11 is 1.64. The molecule has 3 aromatic rings. The minimum absolute atomic E-state index is 0.0309. The predicted octanol–water partition coefficient (Wildman–Crippen LogP) is 4.76. The van der Waals surface area contributed by atoms with Crippen LogP contribution in [0.4, 0.5) is 5.82 Å². The molecule has 2 heterocycles. The maximum absolute atomic E-state index is 11.9. The second-order valence-electron chi connectivity index (χ2n) is 7.06. The standard InChI is InChI=1S/C22H25N3O2S/c1-15(2)13-24-22(27)6-8-23-21-12-18(17-7-9-28-14-17)11-20(25-21)16-4-3-5-19(26)10-16/h3-5,7,9-12,14-15,26H,6,8,13H2,1-2H3,(H,23,25)(H,24,27). The SMILES string of the molecule is CC(C)CNC(=O)CCNc1cc(-c2ccsc2)cc(-c2cccc(O)c2)n1. The molecule has 0 bridgehead atoms. The summed E-state index contributed by atoms with van der Waals surface area (Å²) in [6.07, 6.45) is 0.387. The highest BCUT2D eigenvalue weighted by Crippen LogP contribution is 2.30. The highest BCUT2D eigenvalue weighted by atomic mass is 32.1. The van der Waals surface area contributed by atoms with Crippen molar-refractivity contribution in [3.8, 4) is 28.1 Å². The lowest BCUT2D eigenvalue weighted by molar-refractivity contribution is -0.120. The molecule has 0 aliphatic heterocycles. The fraction of sp³-hybridized carbons (Fsp3) is 0.273. The molecule has 28 heavy (non-hydrogen) atoms. The second-order valence-corrected chi connectivity index (χ2v) is 7.84. The third-order valence-electron chi connectivity index (χ3n) is 4.19. The molecular weight excluding hydrogens is 370 g/mol. The van der Waals surface area contributed by atoms with Gasteiger partial charge in [-0.1, -0.05) is 26.0 Å². The third-order valence-corrected chi connectivity index (χ3v) is 4.87. The van der Waals surface area contributed by atoms with Crippen molar-refractivity contribution >= 4 is 23.1 Å². The summed E-state index contributed by atoms with van der Waals surface area (Å²) in [5.74, 6) is 1.38. The van der Waals surface area contributed by atoms with Gasteiger partial charge in [-0.05, 0) is 58.1 Å². The van der Waals surface area contributed by atoms with E-state index in [0.29, 0.717) is 31.2 Å². The number of rotatable bonds is 8. The van der Waals surface area contributed by atoms with Crippen LogP contribution in [0, 0.1) is 5.92 Å². The molecule has 5 nitrogen and oxygen atoms in total. The van der Waals surface area contributed by atoms with E-state index in [1.807, 2.05) is 23.6 Å². The van der Waals surface area contributed by atoms with Gasteiger partial charge in [0, 0.05) is 25.1 Å². The Morgan fingerprint density at radius 3 is 2.71 bits per heavy atom. The highest BCUT2D eigenvalue weighted by Gasteiger charge is 2.09. The van der Waals surface area contributed by atoms with Crippen molar-refractivity contribution in [2.24, 2.45) is 5.92 Å². The molecule has 0 saturated carbocycles. The number of phenolic OH excluding ortho intramolecular Hbond substituents is 1. The summed E-state index contributed by atoms with van der Waals surface area (Å²) in [4.78, 5) is 16.6. The summed E-state index contributed by atoms with van der Waals surface area (Å²) in [6.45, 7) is 5.33. The molecule has 0 spiro atoms. The number of pyridine rings is 1. The van der Waals surface area contributed by atoms with Crippen LogP contribution in [0.15, 0.2) is 53.2 Å². The van der Waals surface area contributed by atoms with E-state index < -0.39 is 0 Å². The van der Waals surface area contributed by atoms with E-state index in [1.54, 1.807) is 29.5 Å². The van der Waals surface area contributed by atoms with Crippen LogP contribution in [0.2, 0.25) is 0 Å². The van der Waals surface area contributed by atoms with Crippen LogP contribution < -0.4 is 10.6 Å². The Bertz CT molecular complexity index is 923. The van der Waals surface area contributed by atoms with Gasteiger partial charge >= 0.3 is 0 Å². The molecule has 0 saturated heterocycles. The zero-order valence-corrected chi connectivity index (χ0v) is 16.9. The van der Waals surface area contributed by atoms with Crippen molar-refractivity contribution in [2.75, 3.05) is 18.4 Å². The van der Waals surface area contributed by atoms with Crippen LogP contribution in [0.5, 0.6) is 5.75 Å². The van der Waals surface area contributed by atoms with E-state index in [9.17, 15) is 9.90 Å². The van der Waals surface area contributed by atoms with Crippen LogP contribution >= 0.6 is 11.3 Å². The molecule has 0 aliphatic carbocycles. The average molecular weight is 396 g/mol. The van der Waals surface area contributed by atoms with E-state index in [4.69, 9.17) is 0 Å². The minimum atomic E-state index is 0.0309. The van der Waals surface area contributed by atoms with Crippen LogP contribution in [0.3, 0.4) is 0 Å². The van der Waals surface area contributed by atoms with Crippen molar-refractivity contribution < 1.29 is 9.90 Å². The number of benzene rings is 1. The number of hydrogen-bond acceptors (Lipinski definition) is 5. The number of hydrogen-bond donors (Lipinski definition) is 3. The highest BCUT2D eigenvalue weighted by molar-refractivity contribution is 7.08. The summed E-state index contributed by atoms with van der Waals surface area (Å²) < 4.78 is 0. The first-order valence-corrected chi connectivity index (χ1v) is 10.3. The fourth-order valence-electron chi connectivity index (χ4n) is 2.74. The minimum Gasteiger partial charge on any atom is -0.508 e. The van der Waals surface area contributed by atoms with Crippen LogP contribution in [0.25, 0.3) is 22.4 Å². The molecule has 0 atom stereocenters. The zero-order valence-electron chi connectivity index (χ0n) is 16.1. The van der Waals surface area contributed by atoms with E-state index in [1.165, 1.54) is 0 Å². The van der Waals surface area contributed by atoms with E-state index in [-0.39, 0.29) is 11.7 Å². The van der Waals surface area contributed by atoms with Gasteiger partial charge in [0.15, 0.2) is 0 Å². The van der Waals surface area contributed by atoms with Crippen molar-refractivity contribution in [2.45, 2.75) is 20.3 Å². The third kappa shape index (κ3) is 5.57. The normalized spacial score (nSPS) is 10.8. The molecule has 3 rings (SSSR count). The smallest absolute Gasteiger partial charge is 0.221 e. The number of phenols is 1. The number of amides is 1. The maximum Gasteiger partial charge on any atom is 0.221 e. The topological polar surface area (TPSA) is 74.2 Å². The van der Waals surface area contributed by atoms with E-state index in [0.717, 1.165) is 22.4 Å². The Balaban J connectivity index is 1.77. The molecule has 146 valence electrons. The van der Waals surface area contributed by atoms with Gasteiger partial charge < -0.3 is 15.7 Å². The van der Waals surface area contributed by atoms with Gasteiger partial charge in [-0.25, -0.2) is 4.98 Å². The molecule has 1 aromatic carbocycles. The molecular formula is C22H25N3O2S. The van der Waals surface area contributed by atoms with Crippen molar-refractivity contribution in [1.29, 1.82) is 0 Å². The Morgan fingerprint density at radius 1 is 1.14 bits per heavy atom. The number of carbonyl (C=O) groups excluding carboxylic acids is 1. The van der Waals surface area contributed by atoms with Gasteiger partial charge in [0.1, 0.15) is 11.6 Å². The monoisotopic (exact) mass is 395 g/mol. The lowest BCUT2D eigenvalue weighted by Gasteiger charge is -2.12. The predicted molar refractivity (Wildman–Crippen MR) is 116 cm³/mol. The number of thiophene rings is 1. The molecule has 6 heteroatoms. The summed E-state index contributed by atoms with van der Waals surface area (Å²) in [7, 11) is 0. The quantitative estimate of drug-likeness (QED) is 0.514. The van der Waals surface area contributed by atoms with Crippen LogP contribution in [0.1, 0.15) is 20.3 Å². The summed E-state index contributed by atoms with van der Waals surface area (Å²) in [5, 5.41) is 20.1. The van der Waals surface area contributed by atoms with Crippen molar-refractivity contribution in [3.63, 3.8) is 0 Å². The molecule has 0 aliphatic rings. The van der Waals surface area contributed by atoms with Gasteiger partial charge in [0.25, 0.3) is 0 Å². The second kappa shape index (κ2) is 9.37. The number of anilines is 1. The summed E-state index contributed by atoms with van der Waals surface area (Å²) in [5.41, 5.74) is 3.77. The van der Waals surface area contributed by atoms with Gasteiger partial charge in [-0.15, -0.1) is 0 Å². The van der Waals surface area contributed by atoms with E-state index in [2.05, 4.69) is 40.9 Å². The Labute approximate surface area is 169 Å². The molecule has 3 N–H and O–H groups in total. The Morgan fingerprint density at radius 2 is 2.00 bits per heavy atom. The molecule has 0 unspecified atom stereocenters. The first-order valence-electron chi connectivity index (χ1n) is 9.36. The average Bonchev–Trinajstić information content (AvgIpc) is 3.21. The number of aromatic nitrogens is 1. The van der Waals surface area contributed by atoms with Gasteiger partial charge in [0.05, 0.1) is 5.69 Å². The summed E-state index contributed by atoms with van der Waals surface area (Å²) in [6, 6.07) is 13.1. The lowest BCUT2D eigenvalue weighted by atomic mass is 10.1. The Hall–Kier alpha value is -2.86. The first-order chi connectivity index (χ1) is 13.5. The number of nitrogens with zero attached hydrogens (tertiary/aromatic N) is 1. The Kier molecular flexibility index (Phi) is 6.66. The molecule has 1 amide bonds. The first kappa shape index (κ1) is 19.9. The zero-order chi connectivity index (χ0) is 19.9. The van der Waals surface area contributed by atoms with E-state index >= 15 is 0 Å². The van der Waals surface area contributed by atoms with Crippen LogP contribution in [-0.4, -0.2) is 29.1 Å². The fourth-order valence-corrected chi connectivity index (χ4v) is 3.41. The molecule has 0 fully saturated rings. The van der Waals surface area contributed by atoms with Crippen LogP contribution in [-0.2, 0) is 4.79 Å². The molecule has 0 radical (unpaired) electrons. The lowest BCUT2D eigenvalue weighted by Crippen LogP contribution is -2.28.